The summed E-state index contributed by atoms with van der Waals surface area (Å²) in [6, 6.07) is 5.63. The first kappa shape index (κ1) is 9.58. The molecule has 0 spiro atoms. The molecule has 0 N–H and O–H groups in total. The number of nitrogens with zero attached hydrogens (tertiary/aromatic N) is 3. The normalized spacial score (nSPS) is 10.3. The molecule has 15 heavy (non-hydrogen) atoms. The van der Waals surface area contributed by atoms with E-state index in [2.05, 4.69) is 10.2 Å². The molecule has 4 heteroatoms. The Kier molecular flexibility index (Phi) is 2.33. The molecule has 0 aliphatic heterocycles. The van der Waals surface area contributed by atoms with Crippen molar-refractivity contribution in [1.29, 1.82) is 0 Å². The zero-order valence-electron chi connectivity index (χ0n) is 8.64. The molecule has 1 aromatic carbocycles. The van der Waals surface area contributed by atoms with Crippen molar-refractivity contribution in [3.05, 3.63) is 41.7 Å². The van der Waals surface area contributed by atoms with Gasteiger partial charge in [-0.2, -0.15) is 15.0 Å². The maximum Gasteiger partial charge on any atom is 0.162 e. The van der Waals surface area contributed by atoms with E-state index < -0.39 is 0 Å². The number of carbonyl (C=O) groups is 1. The van der Waals surface area contributed by atoms with Crippen molar-refractivity contribution in [1.82, 2.24) is 15.0 Å². The minimum Gasteiger partial charge on any atom is -0.294 e. The molecule has 0 fully saturated rings. The van der Waals surface area contributed by atoms with Gasteiger partial charge in [0.2, 0.25) is 0 Å². The second-order valence-corrected chi connectivity index (χ2v) is 3.34. The van der Waals surface area contributed by atoms with E-state index in [-0.39, 0.29) is 5.78 Å². The maximum atomic E-state index is 11.5. The number of rotatable bonds is 2. The van der Waals surface area contributed by atoms with Gasteiger partial charge in [-0.05, 0) is 25.5 Å². The molecule has 2 rings (SSSR count). The summed E-state index contributed by atoms with van der Waals surface area (Å²) in [5, 5.41) is 8.05. The van der Waals surface area contributed by atoms with Gasteiger partial charge in [0, 0.05) is 5.56 Å². The highest BCUT2D eigenvalue weighted by molar-refractivity contribution is 5.99. The first-order valence-corrected chi connectivity index (χ1v) is 4.67. The first-order valence-electron chi connectivity index (χ1n) is 4.67. The number of benzene rings is 1. The molecule has 0 bridgehead atoms. The second kappa shape index (κ2) is 3.65. The summed E-state index contributed by atoms with van der Waals surface area (Å²) in [7, 11) is 0. The minimum absolute atomic E-state index is 0.0281. The molecular formula is C11H11N3O. The van der Waals surface area contributed by atoms with Crippen LogP contribution in [-0.2, 0) is 0 Å². The summed E-state index contributed by atoms with van der Waals surface area (Å²) >= 11 is 0. The Balaban J connectivity index is 2.66. The maximum absolute atomic E-state index is 11.5. The lowest BCUT2D eigenvalue weighted by molar-refractivity contribution is 0.101. The number of aryl methyl sites for hydroxylation is 1. The van der Waals surface area contributed by atoms with Gasteiger partial charge in [-0.1, -0.05) is 12.1 Å². The van der Waals surface area contributed by atoms with Crippen LogP contribution in [0.5, 0.6) is 0 Å². The SMILES string of the molecule is CC(=O)c1c(C)cccc1-n1nccn1. The number of hydrogen-bond acceptors (Lipinski definition) is 3. The zero-order valence-corrected chi connectivity index (χ0v) is 8.64. The van der Waals surface area contributed by atoms with E-state index in [0.717, 1.165) is 11.3 Å². The predicted molar refractivity (Wildman–Crippen MR) is 56.1 cm³/mol. The summed E-state index contributed by atoms with van der Waals surface area (Å²) in [5.74, 6) is 0.0281. The van der Waals surface area contributed by atoms with Crippen LogP contribution >= 0.6 is 0 Å². The van der Waals surface area contributed by atoms with E-state index >= 15 is 0 Å². The van der Waals surface area contributed by atoms with E-state index in [1.807, 2.05) is 25.1 Å². The van der Waals surface area contributed by atoms with Crippen LogP contribution in [0.2, 0.25) is 0 Å². The number of carbonyl (C=O) groups excluding carboxylic acids is 1. The van der Waals surface area contributed by atoms with Crippen molar-refractivity contribution in [2.75, 3.05) is 0 Å². The van der Waals surface area contributed by atoms with E-state index in [9.17, 15) is 4.79 Å². The van der Waals surface area contributed by atoms with Crippen LogP contribution in [0.4, 0.5) is 0 Å². The van der Waals surface area contributed by atoms with Crippen molar-refractivity contribution < 1.29 is 4.79 Å². The molecule has 2 aromatic rings. The van der Waals surface area contributed by atoms with Gasteiger partial charge in [0.25, 0.3) is 0 Å². The van der Waals surface area contributed by atoms with Gasteiger partial charge >= 0.3 is 0 Å². The summed E-state index contributed by atoms with van der Waals surface area (Å²) in [6.45, 7) is 3.46. The fourth-order valence-electron chi connectivity index (χ4n) is 1.62. The number of Topliss-reactive ketones (excluding diaryl/α,β-unsaturated/α-hetero) is 1. The molecule has 4 nitrogen and oxygen atoms in total. The van der Waals surface area contributed by atoms with Gasteiger partial charge in [0.05, 0.1) is 18.1 Å². The lowest BCUT2D eigenvalue weighted by Crippen LogP contribution is -2.07. The van der Waals surface area contributed by atoms with Crippen LogP contribution < -0.4 is 0 Å². The Bertz CT molecular complexity index is 489. The highest BCUT2D eigenvalue weighted by Crippen LogP contribution is 2.17. The van der Waals surface area contributed by atoms with Gasteiger partial charge in [0.1, 0.15) is 0 Å². The molecule has 0 amide bonds. The van der Waals surface area contributed by atoms with Crippen LogP contribution in [0.15, 0.2) is 30.6 Å². The summed E-state index contributed by atoms with van der Waals surface area (Å²) in [6.07, 6.45) is 3.18. The molecule has 0 aliphatic rings. The third kappa shape index (κ3) is 1.66. The Morgan fingerprint density at radius 1 is 1.27 bits per heavy atom. The summed E-state index contributed by atoms with van der Waals surface area (Å²) < 4.78 is 0. The van der Waals surface area contributed by atoms with Gasteiger partial charge in [-0.3, -0.25) is 4.79 Å². The average Bonchev–Trinajstić information content (AvgIpc) is 2.69. The van der Waals surface area contributed by atoms with Crippen molar-refractivity contribution in [2.45, 2.75) is 13.8 Å². The molecule has 1 heterocycles. The van der Waals surface area contributed by atoms with Gasteiger partial charge in [-0.25, -0.2) is 0 Å². The van der Waals surface area contributed by atoms with Crippen molar-refractivity contribution in [3.8, 4) is 5.69 Å². The Labute approximate surface area is 87.5 Å². The molecule has 0 unspecified atom stereocenters. The van der Waals surface area contributed by atoms with Crippen LogP contribution in [0.3, 0.4) is 0 Å². The lowest BCUT2D eigenvalue weighted by atomic mass is 10.0. The van der Waals surface area contributed by atoms with Crippen LogP contribution in [0.25, 0.3) is 5.69 Å². The minimum atomic E-state index is 0.0281. The first-order chi connectivity index (χ1) is 7.20. The number of hydrogen-bond donors (Lipinski definition) is 0. The second-order valence-electron chi connectivity index (χ2n) is 3.34. The van der Waals surface area contributed by atoms with E-state index in [1.165, 1.54) is 4.80 Å². The van der Waals surface area contributed by atoms with Crippen molar-refractivity contribution in [3.63, 3.8) is 0 Å². The van der Waals surface area contributed by atoms with Gasteiger partial charge in [-0.15, -0.1) is 0 Å². The summed E-state index contributed by atoms with van der Waals surface area (Å²) in [5.41, 5.74) is 2.35. The Morgan fingerprint density at radius 2 is 1.93 bits per heavy atom. The average molecular weight is 201 g/mol. The van der Waals surface area contributed by atoms with Crippen LogP contribution in [0.1, 0.15) is 22.8 Å². The third-order valence-corrected chi connectivity index (χ3v) is 2.24. The topological polar surface area (TPSA) is 47.8 Å². The molecule has 1 aromatic heterocycles. The standard InChI is InChI=1S/C11H11N3O/c1-8-4-3-5-10(11(8)9(2)15)14-12-6-7-13-14/h3-7H,1-2H3. The number of ketones is 1. The van der Waals surface area contributed by atoms with Crippen LogP contribution in [-0.4, -0.2) is 20.8 Å². The predicted octanol–water partition coefficient (Wildman–Crippen LogP) is 1.78. The van der Waals surface area contributed by atoms with Gasteiger partial charge < -0.3 is 0 Å². The molecule has 76 valence electrons. The fraction of sp³-hybridized carbons (Fsp3) is 0.182. The van der Waals surface area contributed by atoms with Crippen molar-refractivity contribution >= 4 is 5.78 Å². The quantitative estimate of drug-likeness (QED) is 0.696. The van der Waals surface area contributed by atoms with E-state index in [1.54, 1.807) is 19.3 Å². The monoisotopic (exact) mass is 201 g/mol. The highest BCUT2D eigenvalue weighted by Gasteiger charge is 2.12. The molecule has 0 atom stereocenters. The summed E-state index contributed by atoms with van der Waals surface area (Å²) in [4.78, 5) is 13.0. The van der Waals surface area contributed by atoms with E-state index in [0.29, 0.717) is 5.56 Å². The van der Waals surface area contributed by atoms with Crippen molar-refractivity contribution in [2.24, 2.45) is 0 Å². The van der Waals surface area contributed by atoms with Crippen LogP contribution in [0, 0.1) is 6.92 Å². The van der Waals surface area contributed by atoms with E-state index in [4.69, 9.17) is 0 Å². The molecular weight excluding hydrogens is 190 g/mol. The van der Waals surface area contributed by atoms with Gasteiger partial charge in [0.15, 0.2) is 5.78 Å². The molecule has 0 saturated carbocycles. The Morgan fingerprint density at radius 3 is 2.53 bits per heavy atom. The fourth-order valence-corrected chi connectivity index (χ4v) is 1.62. The molecule has 0 aliphatic carbocycles. The largest absolute Gasteiger partial charge is 0.294 e. The zero-order chi connectivity index (χ0) is 10.8. The molecule has 0 radical (unpaired) electrons. The lowest BCUT2D eigenvalue weighted by Gasteiger charge is -2.08. The highest BCUT2D eigenvalue weighted by atomic mass is 16.1. The molecule has 0 saturated heterocycles. The number of aromatic nitrogens is 3. The Hall–Kier alpha value is -1.97. The third-order valence-electron chi connectivity index (χ3n) is 2.24. The smallest absolute Gasteiger partial charge is 0.162 e.